The summed E-state index contributed by atoms with van der Waals surface area (Å²) in [5.74, 6) is 1.34. The molecule has 0 aliphatic heterocycles. The molecule has 2 N–H and O–H groups in total. The van der Waals surface area contributed by atoms with E-state index in [0.717, 1.165) is 32.8 Å². The average molecular weight is 420 g/mol. The molecule has 3 rings (SSSR count). The zero-order chi connectivity index (χ0) is 22.4. The summed E-state index contributed by atoms with van der Waals surface area (Å²) in [6, 6.07) is 21.4. The Morgan fingerprint density at radius 1 is 0.968 bits per heavy atom. The number of benzene rings is 3. The van der Waals surface area contributed by atoms with Crippen molar-refractivity contribution in [2.45, 2.75) is 26.4 Å². The molecule has 2 atom stereocenters. The highest BCUT2D eigenvalue weighted by Crippen LogP contribution is 2.30. The summed E-state index contributed by atoms with van der Waals surface area (Å²) in [7, 11) is 5.29. The number of para-hydroxylation sites is 1. The highest BCUT2D eigenvalue weighted by molar-refractivity contribution is 5.95. The highest BCUT2D eigenvalue weighted by Gasteiger charge is 2.30. The topological polar surface area (TPSA) is 52.0 Å². The number of nitrogens with one attached hydrogen (secondary N) is 2. The molecule has 31 heavy (non-hydrogen) atoms. The van der Waals surface area contributed by atoms with Gasteiger partial charge in [-0.2, -0.15) is 0 Å². The first-order chi connectivity index (χ1) is 14.9. The first-order valence-electron chi connectivity index (χ1n) is 10.4. The van der Waals surface area contributed by atoms with E-state index in [-0.39, 0.29) is 5.91 Å². The third-order valence-electron chi connectivity index (χ3n) is 5.49. The normalized spacial score (nSPS) is 12.7. The Labute approximate surface area is 184 Å². The first-order valence-corrected chi connectivity index (χ1v) is 10.4. The van der Waals surface area contributed by atoms with E-state index >= 15 is 0 Å². The SMILES string of the molecule is COc1cccc(C[NH+](C)[C@@H](C(=O)Nc2cc(C)ccc2C)c2ccccc2)c1OC. The van der Waals surface area contributed by atoms with Crippen molar-refractivity contribution < 1.29 is 19.2 Å². The number of hydrogen-bond acceptors (Lipinski definition) is 3. The summed E-state index contributed by atoms with van der Waals surface area (Å²) < 4.78 is 11.0. The van der Waals surface area contributed by atoms with Gasteiger partial charge in [0, 0.05) is 11.3 Å². The quantitative estimate of drug-likeness (QED) is 0.585. The third kappa shape index (κ3) is 5.25. The van der Waals surface area contributed by atoms with Crippen LogP contribution in [0.4, 0.5) is 5.69 Å². The van der Waals surface area contributed by atoms with Gasteiger partial charge >= 0.3 is 0 Å². The summed E-state index contributed by atoms with van der Waals surface area (Å²) in [6.45, 7) is 4.63. The highest BCUT2D eigenvalue weighted by atomic mass is 16.5. The molecule has 0 saturated heterocycles. The number of carbonyl (C=O) groups is 1. The van der Waals surface area contributed by atoms with Gasteiger partial charge in [0.2, 0.25) is 0 Å². The lowest BCUT2D eigenvalue weighted by Crippen LogP contribution is -3.09. The summed E-state index contributed by atoms with van der Waals surface area (Å²) in [4.78, 5) is 14.5. The summed E-state index contributed by atoms with van der Waals surface area (Å²) in [6.07, 6.45) is 0. The smallest absolute Gasteiger partial charge is 0.287 e. The number of rotatable bonds is 8. The summed E-state index contributed by atoms with van der Waals surface area (Å²) >= 11 is 0. The Hall–Kier alpha value is -3.31. The molecule has 3 aromatic carbocycles. The van der Waals surface area contributed by atoms with Crippen LogP contribution < -0.4 is 19.7 Å². The van der Waals surface area contributed by atoms with Crippen molar-refractivity contribution in [1.82, 2.24) is 0 Å². The number of ether oxygens (including phenoxy) is 2. The van der Waals surface area contributed by atoms with Gasteiger partial charge in [0.1, 0.15) is 6.54 Å². The molecule has 0 radical (unpaired) electrons. The van der Waals surface area contributed by atoms with Crippen LogP contribution in [0.2, 0.25) is 0 Å². The van der Waals surface area contributed by atoms with Crippen molar-refractivity contribution >= 4 is 11.6 Å². The Morgan fingerprint density at radius 2 is 1.71 bits per heavy atom. The number of aryl methyl sites for hydroxylation is 2. The van der Waals surface area contributed by atoms with Crippen LogP contribution in [0.25, 0.3) is 0 Å². The van der Waals surface area contributed by atoms with Gasteiger partial charge in [0.25, 0.3) is 5.91 Å². The maximum atomic E-state index is 13.5. The second-order valence-corrected chi connectivity index (χ2v) is 7.83. The number of anilines is 1. The molecule has 0 aliphatic rings. The molecule has 0 fully saturated rings. The van der Waals surface area contributed by atoms with E-state index in [4.69, 9.17) is 9.47 Å². The predicted octanol–water partition coefficient (Wildman–Crippen LogP) is 3.72. The van der Waals surface area contributed by atoms with Gasteiger partial charge in [-0.25, -0.2) is 0 Å². The molecule has 162 valence electrons. The molecular formula is C26H31N2O3+. The van der Waals surface area contributed by atoms with Crippen LogP contribution in [0, 0.1) is 13.8 Å². The maximum Gasteiger partial charge on any atom is 0.287 e. The molecule has 1 unspecified atom stereocenters. The molecule has 5 nitrogen and oxygen atoms in total. The van der Waals surface area contributed by atoms with Gasteiger partial charge in [0.15, 0.2) is 17.5 Å². The number of likely N-dealkylation sites (N-methyl/N-ethyl adjacent to an activating group) is 1. The van der Waals surface area contributed by atoms with Crippen LogP contribution in [0.1, 0.15) is 28.3 Å². The predicted molar refractivity (Wildman–Crippen MR) is 124 cm³/mol. The number of carbonyl (C=O) groups excluding carboxylic acids is 1. The molecule has 0 aromatic heterocycles. The maximum absolute atomic E-state index is 13.5. The van der Waals surface area contributed by atoms with E-state index in [0.29, 0.717) is 18.0 Å². The van der Waals surface area contributed by atoms with Crippen molar-refractivity contribution in [3.8, 4) is 11.5 Å². The first kappa shape index (κ1) is 22.4. The third-order valence-corrected chi connectivity index (χ3v) is 5.49. The van der Waals surface area contributed by atoms with Crippen LogP contribution in [-0.4, -0.2) is 27.2 Å². The van der Waals surface area contributed by atoms with Gasteiger partial charge in [-0.15, -0.1) is 0 Å². The van der Waals surface area contributed by atoms with Gasteiger partial charge < -0.3 is 19.7 Å². The molecule has 0 bridgehead atoms. The van der Waals surface area contributed by atoms with E-state index in [2.05, 4.69) is 5.32 Å². The van der Waals surface area contributed by atoms with Crippen LogP contribution in [-0.2, 0) is 11.3 Å². The van der Waals surface area contributed by atoms with Crippen LogP contribution in [0.15, 0.2) is 66.7 Å². The number of hydrogen-bond donors (Lipinski definition) is 2. The van der Waals surface area contributed by atoms with Crippen LogP contribution >= 0.6 is 0 Å². The molecule has 0 saturated carbocycles. The Morgan fingerprint density at radius 3 is 2.39 bits per heavy atom. The Bertz CT molecular complexity index is 1030. The Balaban J connectivity index is 1.93. The van der Waals surface area contributed by atoms with Crippen LogP contribution in [0.5, 0.6) is 11.5 Å². The zero-order valence-corrected chi connectivity index (χ0v) is 18.9. The van der Waals surface area contributed by atoms with Gasteiger partial charge in [0.05, 0.1) is 26.8 Å². The zero-order valence-electron chi connectivity index (χ0n) is 18.9. The largest absolute Gasteiger partial charge is 0.493 e. The lowest BCUT2D eigenvalue weighted by atomic mass is 10.0. The van der Waals surface area contributed by atoms with Crippen LogP contribution in [0.3, 0.4) is 0 Å². The molecule has 0 aliphatic carbocycles. The van der Waals surface area contributed by atoms with E-state index < -0.39 is 6.04 Å². The fourth-order valence-electron chi connectivity index (χ4n) is 3.88. The van der Waals surface area contributed by atoms with Crippen molar-refractivity contribution in [3.63, 3.8) is 0 Å². The standard InChI is InChI=1S/C26H30N2O3/c1-18-14-15-19(2)22(16-18)27-26(29)24(20-10-7-6-8-11-20)28(3)17-21-12-9-13-23(30-4)25(21)31-5/h6-16,24H,17H2,1-5H3,(H,27,29)/p+1/t24-/m1/s1. The minimum absolute atomic E-state index is 0.0423. The van der Waals surface area contributed by atoms with Crippen molar-refractivity contribution in [3.05, 3.63) is 89.0 Å². The Kier molecular flexibility index (Phi) is 7.32. The minimum atomic E-state index is -0.392. The monoisotopic (exact) mass is 419 g/mol. The van der Waals surface area contributed by atoms with E-state index in [1.165, 1.54) is 0 Å². The van der Waals surface area contributed by atoms with Gasteiger partial charge in [-0.1, -0.05) is 48.5 Å². The van der Waals surface area contributed by atoms with Gasteiger partial charge in [-0.3, -0.25) is 4.79 Å². The molecule has 1 amide bonds. The summed E-state index contributed by atoms with van der Waals surface area (Å²) in [5.41, 5.74) is 4.94. The van der Waals surface area contributed by atoms with E-state index in [9.17, 15) is 4.79 Å². The molecule has 0 heterocycles. The van der Waals surface area contributed by atoms with Gasteiger partial charge in [-0.05, 0) is 43.2 Å². The number of quaternary nitrogens is 1. The van der Waals surface area contributed by atoms with E-state index in [1.54, 1.807) is 14.2 Å². The summed E-state index contributed by atoms with van der Waals surface area (Å²) in [5, 5.41) is 3.15. The fourth-order valence-corrected chi connectivity index (χ4v) is 3.88. The molecule has 5 heteroatoms. The molecular weight excluding hydrogens is 388 g/mol. The average Bonchev–Trinajstić information content (AvgIpc) is 2.77. The molecule has 3 aromatic rings. The lowest BCUT2D eigenvalue weighted by molar-refractivity contribution is -0.915. The number of amides is 1. The second kappa shape index (κ2) is 10.1. The van der Waals surface area contributed by atoms with E-state index in [1.807, 2.05) is 87.6 Å². The lowest BCUT2D eigenvalue weighted by Gasteiger charge is -2.26. The fraction of sp³-hybridized carbons (Fsp3) is 0.269. The molecule has 0 spiro atoms. The number of methoxy groups -OCH3 is 2. The van der Waals surface area contributed by atoms with Crippen molar-refractivity contribution in [2.75, 3.05) is 26.6 Å². The van der Waals surface area contributed by atoms with Crippen molar-refractivity contribution in [2.24, 2.45) is 0 Å². The second-order valence-electron chi connectivity index (χ2n) is 7.83. The van der Waals surface area contributed by atoms with Crippen molar-refractivity contribution in [1.29, 1.82) is 0 Å². The minimum Gasteiger partial charge on any atom is -0.493 e.